The Morgan fingerprint density at radius 3 is 2.22 bits per heavy atom. The maximum atomic E-state index is 14.3. The van der Waals surface area contributed by atoms with Crippen LogP contribution in [0.3, 0.4) is 0 Å². The van der Waals surface area contributed by atoms with Gasteiger partial charge in [0.15, 0.2) is 0 Å². The normalized spacial score (nSPS) is 14.2. The van der Waals surface area contributed by atoms with Gasteiger partial charge in [-0.1, -0.05) is 18.2 Å². The fourth-order valence-corrected chi connectivity index (χ4v) is 4.03. The molecule has 8 heteroatoms. The van der Waals surface area contributed by atoms with Crippen LogP contribution < -0.4 is 0 Å². The minimum Gasteiger partial charge on any atom is -0.372 e. The highest BCUT2D eigenvalue weighted by Crippen LogP contribution is 2.45. The molecular weight excluding hydrogens is 422 g/mol. The van der Waals surface area contributed by atoms with E-state index in [4.69, 9.17) is 0 Å². The Hall–Kier alpha value is -3.65. The average Bonchev–Trinajstić information content (AvgIpc) is 3.36. The predicted molar refractivity (Wildman–Crippen MR) is 113 cm³/mol. The third kappa shape index (κ3) is 2.98. The van der Waals surface area contributed by atoms with Gasteiger partial charge < -0.3 is 9.67 Å². The Kier molecular flexibility index (Phi) is 4.39. The van der Waals surface area contributed by atoms with Crippen LogP contribution >= 0.6 is 0 Å². The summed E-state index contributed by atoms with van der Waals surface area (Å²) in [6.45, 7) is 0. The number of aliphatic hydroxyl groups is 1. The van der Waals surface area contributed by atoms with E-state index in [1.54, 1.807) is 29.9 Å². The third-order valence-corrected chi connectivity index (χ3v) is 5.77. The fourth-order valence-electron chi connectivity index (χ4n) is 4.03. The summed E-state index contributed by atoms with van der Waals surface area (Å²) in [4.78, 5) is 0. The molecule has 2 heterocycles. The van der Waals surface area contributed by atoms with E-state index in [9.17, 15) is 22.7 Å². The molecule has 0 radical (unpaired) electrons. The average molecular weight is 439 g/mol. The van der Waals surface area contributed by atoms with Gasteiger partial charge in [-0.2, -0.15) is 18.3 Å². The van der Waals surface area contributed by atoms with Gasteiger partial charge in [0.25, 0.3) is 0 Å². The minimum atomic E-state index is -4.97. The number of nitrogens with zero attached hydrogens (tertiary/aromatic N) is 3. The summed E-state index contributed by atoms with van der Waals surface area (Å²) >= 11 is 0. The highest BCUT2D eigenvalue weighted by atomic mass is 19.4. The molecule has 0 amide bonds. The van der Waals surface area contributed by atoms with Crippen LogP contribution in [0, 0.1) is 5.82 Å². The summed E-state index contributed by atoms with van der Waals surface area (Å²) in [6.07, 6.45) is -1.80. The van der Waals surface area contributed by atoms with Crippen molar-refractivity contribution in [1.29, 1.82) is 0 Å². The molecule has 1 atom stereocenters. The maximum absolute atomic E-state index is 14.3. The number of halogens is 4. The van der Waals surface area contributed by atoms with Gasteiger partial charge in [-0.15, -0.1) is 0 Å². The predicted octanol–water partition coefficient (Wildman–Crippen LogP) is 5.45. The molecule has 5 aromatic rings. The SMILES string of the molecule is Cn1ccc2ccc(C(O)(c3ccc4c(cnn4-c4ccc(F)cc4)c3)C(F)(F)F)cc21. The monoisotopic (exact) mass is 439 g/mol. The molecule has 4 nitrogen and oxygen atoms in total. The largest absolute Gasteiger partial charge is 0.425 e. The second-order valence-corrected chi connectivity index (χ2v) is 7.71. The van der Waals surface area contributed by atoms with Crippen molar-refractivity contribution in [3.63, 3.8) is 0 Å². The van der Waals surface area contributed by atoms with Gasteiger partial charge in [0, 0.05) is 24.1 Å². The van der Waals surface area contributed by atoms with E-state index in [2.05, 4.69) is 5.10 Å². The first-order valence-electron chi connectivity index (χ1n) is 9.77. The first-order chi connectivity index (χ1) is 15.2. The van der Waals surface area contributed by atoms with Crippen LogP contribution in [0.4, 0.5) is 17.6 Å². The van der Waals surface area contributed by atoms with E-state index in [1.165, 1.54) is 65.5 Å². The lowest BCUT2D eigenvalue weighted by atomic mass is 9.84. The maximum Gasteiger partial charge on any atom is 0.425 e. The van der Waals surface area contributed by atoms with Crippen LogP contribution in [0.2, 0.25) is 0 Å². The molecule has 1 N–H and O–H groups in total. The van der Waals surface area contributed by atoms with Crippen molar-refractivity contribution in [3.05, 3.63) is 96.1 Å². The quantitative estimate of drug-likeness (QED) is 0.380. The summed E-state index contributed by atoms with van der Waals surface area (Å²) in [5.74, 6) is -0.405. The third-order valence-electron chi connectivity index (χ3n) is 5.77. The number of alkyl halides is 3. The van der Waals surface area contributed by atoms with Gasteiger partial charge in [0.1, 0.15) is 5.82 Å². The smallest absolute Gasteiger partial charge is 0.372 e. The molecule has 5 rings (SSSR count). The van der Waals surface area contributed by atoms with E-state index < -0.39 is 17.6 Å². The standard InChI is InChI=1S/C24H17F4N3O/c1-30-11-10-15-2-3-18(13-22(15)30)23(32,24(26,27)28)17-4-9-21-16(12-17)14-29-31(21)20-7-5-19(25)6-8-20/h2-14,32H,1H3. The highest BCUT2D eigenvalue weighted by molar-refractivity contribution is 5.83. The molecule has 0 aliphatic heterocycles. The molecular formula is C24H17F4N3O. The van der Waals surface area contributed by atoms with Crippen molar-refractivity contribution in [2.75, 3.05) is 0 Å². The van der Waals surface area contributed by atoms with Gasteiger partial charge in [-0.05, 0) is 65.0 Å². The zero-order chi connectivity index (χ0) is 22.7. The lowest BCUT2D eigenvalue weighted by molar-refractivity contribution is -0.248. The second-order valence-electron chi connectivity index (χ2n) is 7.71. The first-order valence-corrected chi connectivity index (χ1v) is 9.77. The minimum absolute atomic E-state index is 0.274. The van der Waals surface area contributed by atoms with Crippen LogP contribution in [0.25, 0.3) is 27.5 Å². The molecule has 162 valence electrons. The molecule has 0 spiro atoms. The Balaban J connectivity index is 1.67. The number of aryl methyl sites for hydroxylation is 1. The Bertz CT molecular complexity index is 1450. The van der Waals surface area contributed by atoms with Gasteiger partial charge in [0.05, 0.1) is 17.4 Å². The molecule has 0 fully saturated rings. The van der Waals surface area contributed by atoms with Crippen molar-refractivity contribution < 1.29 is 22.7 Å². The zero-order valence-electron chi connectivity index (χ0n) is 16.8. The van der Waals surface area contributed by atoms with Crippen molar-refractivity contribution in [3.8, 4) is 5.69 Å². The van der Waals surface area contributed by atoms with Crippen molar-refractivity contribution in [1.82, 2.24) is 14.3 Å². The van der Waals surface area contributed by atoms with Gasteiger partial charge in [-0.25, -0.2) is 9.07 Å². The first kappa shape index (κ1) is 20.3. The summed E-state index contributed by atoms with van der Waals surface area (Å²) in [6, 6.07) is 15.6. The van der Waals surface area contributed by atoms with Crippen molar-refractivity contribution >= 4 is 21.8 Å². The van der Waals surface area contributed by atoms with Crippen molar-refractivity contribution in [2.24, 2.45) is 7.05 Å². The van der Waals surface area contributed by atoms with Gasteiger partial charge in [0.2, 0.25) is 5.60 Å². The lowest BCUT2D eigenvalue weighted by Crippen LogP contribution is -2.43. The van der Waals surface area contributed by atoms with E-state index in [0.29, 0.717) is 22.1 Å². The fraction of sp³-hybridized carbons (Fsp3) is 0.125. The molecule has 0 aliphatic carbocycles. The molecule has 32 heavy (non-hydrogen) atoms. The van der Waals surface area contributed by atoms with Crippen LogP contribution in [0.15, 0.2) is 79.1 Å². The summed E-state index contributed by atoms with van der Waals surface area (Å²) in [5, 5.41) is 16.5. The Morgan fingerprint density at radius 1 is 0.812 bits per heavy atom. The van der Waals surface area contributed by atoms with E-state index in [0.717, 1.165) is 5.39 Å². The zero-order valence-corrected chi connectivity index (χ0v) is 16.8. The summed E-state index contributed by atoms with van der Waals surface area (Å²) in [5.41, 5.74) is -2.13. The van der Waals surface area contributed by atoms with E-state index >= 15 is 0 Å². The number of rotatable bonds is 3. The van der Waals surface area contributed by atoms with E-state index in [-0.39, 0.29) is 11.1 Å². The van der Waals surface area contributed by atoms with Crippen LogP contribution in [-0.4, -0.2) is 25.6 Å². The van der Waals surface area contributed by atoms with E-state index in [1.807, 2.05) is 0 Å². The number of hydrogen-bond acceptors (Lipinski definition) is 2. The molecule has 0 saturated carbocycles. The number of fused-ring (bicyclic) bond motifs is 2. The lowest BCUT2D eigenvalue weighted by Gasteiger charge is -2.31. The van der Waals surface area contributed by atoms with Gasteiger partial charge in [-0.3, -0.25) is 0 Å². The Labute approximate surface area is 179 Å². The molecule has 0 aliphatic rings. The number of hydrogen-bond donors (Lipinski definition) is 1. The molecule has 0 bridgehead atoms. The Morgan fingerprint density at radius 2 is 1.50 bits per heavy atom. The van der Waals surface area contributed by atoms with Crippen molar-refractivity contribution in [2.45, 2.75) is 11.8 Å². The number of aromatic nitrogens is 3. The topological polar surface area (TPSA) is 43.0 Å². The molecule has 3 aromatic carbocycles. The second kappa shape index (κ2) is 6.93. The van der Waals surface area contributed by atoms with Crippen LogP contribution in [0.1, 0.15) is 11.1 Å². The van der Waals surface area contributed by atoms with Crippen LogP contribution in [0.5, 0.6) is 0 Å². The van der Waals surface area contributed by atoms with Gasteiger partial charge >= 0.3 is 6.18 Å². The highest BCUT2D eigenvalue weighted by Gasteiger charge is 2.56. The number of benzene rings is 3. The van der Waals surface area contributed by atoms with Crippen LogP contribution in [-0.2, 0) is 12.6 Å². The molecule has 1 unspecified atom stereocenters. The molecule has 0 saturated heterocycles. The summed E-state index contributed by atoms with van der Waals surface area (Å²) in [7, 11) is 1.73. The summed E-state index contributed by atoms with van der Waals surface area (Å²) < 4.78 is 59.3. The molecule has 2 aromatic heterocycles.